The third-order valence-electron chi connectivity index (χ3n) is 4.71. The highest BCUT2D eigenvalue weighted by atomic mass is 127. The van der Waals surface area contributed by atoms with Crippen LogP contribution in [0, 0.1) is 13.8 Å². The SMILES string of the molecule is CCS(=O)C1CCCC(NC(=NC)NCCOc2cc(C)cc(C)c2)C1.I. The van der Waals surface area contributed by atoms with Gasteiger partial charge in [0.1, 0.15) is 12.4 Å². The molecule has 0 radical (unpaired) electrons. The molecule has 0 saturated heterocycles. The van der Waals surface area contributed by atoms with E-state index in [1.807, 2.05) is 6.92 Å². The van der Waals surface area contributed by atoms with Crippen LogP contribution in [0.2, 0.25) is 0 Å². The first kappa shape index (κ1) is 24.2. The summed E-state index contributed by atoms with van der Waals surface area (Å²) >= 11 is 0. The molecular formula is C20H34IN3O2S. The van der Waals surface area contributed by atoms with Gasteiger partial charge in [0.2, 0.25) is 0 Å². The van der Waals surface area contributed by atoms with Crippen LogP contribution in [0.15, 0.2) is 23.2 Å². The van der Waals surface area contributed by atoms with Crippen molar-refractivity contribution in [1.29, 1.82) is 0 Å². The molecule has 1 saturated carbocycles. The van der Waals surface area contributed by atoms with Crippen molar-refractivity contribution < 1.29 is 8.95 Å². The van der Waals surface area contributed by atoms with E-state index in [-0.39, 0.29) is 24.0 Å². The third kappa shape index (κ3) is 8.37. The van der Waals surface area contributed by atoms with Crippen molar-refractivity contribution in [3.8, 4) is 5.75 Å². The van der Waals surface area contributed by atoms with Crippen LogP contribution >= 0.6 is 24.0 Å². The van der Waals surface area contributed by atoms with E-state index in [4.69, 9.17) is 4.74 Å². The third-order valence-corrected chi connectivity index (χ3v) is 6.45. The molecule has 5 nitrogen and oxygen atoms in total. The second-order valence-electron chi connectivity index (χ2n) is 6.97. The van der Waals surface area contributed by atoms with Crippen molar-refractivity contribution in [1.82, 2.24) is 10.6 Å². The summed E-state index contributed by atoms with van der Waals surface area (Å²) in [4.78, 5) is 4.31. The van der Waals surface area contributed by atoms with E-state index in [9.17, 15) is 4.21 Å². The molecule has 0 spiro atoms. The Balaban J connectivity index is 0.00000364. The molecule has 2 rings (SSSR count). The van der Waals surface area contributed by atoms with Gasteiger partial charge in [-0.15, -0.1) is 24.0 Å². The first-order chi connectivity index (χ1) is 12.5. The molecule has 1 aromatic carbocycles. The topological polar surface area (TPSA) is 62.7 Å². The number of aryl methyl sites for hydroxylation is 2. The summed E-state index contributed by atoms with van der Waals surface area (Å²) in [5, 5.41) is 7.11. The van der Waals surface area contributed by atoms with Crippen molar-refractivity contribution in [3.05, 3.63) is 29.3 Å². The standard InChI is InChI=1S/C20H33N3O2S.HI/c1-5-26(24)19-8-6-7-17(14-19)23-20(21-4)22-9-10-25-18-12-15(2)11-16(3)13-18;/h11-13,17,19H,5-10,14H2,1-4H3,(H2,21,22,23);1H. The van der Waals surface area contributed by atoms with E-state index >= 15 is 0 Å². The summed E-state index contributed by atoms with van der Waals surface area (Å²) in [5.74, 6) is 2.45. The van der Waals surface area contributed by atoms with Crippen LogP contribution in [0.5, 0.6) is 5.75 Å². The first-order valence-electron chi connectivity index (χ1n) is 9.57. The highest BCUT2D eigenvalue weighted by molar-refractivity contribution is 14.0. The van der Waals surface area contributed by atoms with Gasteiger partial charge in [0.15, 0.2) is 5.96 Å². The van der Waals surface area contributed by atoms with Gasteiger partial charge in [-0.2, -0.15) is 0 Å². The molecule has 27 heavy (non-hydrogen) atoms. The fraction of sp³-hybridized carbons (Fsp3) is 0.650. The van der Waals surface area contributed by atoms with Crippen molar-refractivity contribution in [3.63, 3.8) is 0 Å². The second-order valence-corrected chi connectivity index (χ2v) is 8.98. The molecule has 1 aromatic rings. The molecule has 3 unspecified atom stereocenters. The quantitative estimate of drug-likeness (QED) is 0.257. The van der Waals surface area contributed by atoms with E-state index in [1.165, 1.54) is 11.1 Å². The average molecular weight is 507 g/mol. The van der Waals surface area contributed by atoms with E-state index in [0.717, 1.165) is 43.1 Å². The van der Waals surface area contributed by atoms with Gasteiger partial charge in [0, 0.05) is 34.9 Å². The Bertz CT molecular complexity index is 619. The van der Waals surface area contributed by atoms with E-state index in [1.54, 1.807) is 7.05 Å². The summed E-state index contributed by atoms with van der Waals surface area (Å²) in [7, 11) is 1.08. The summed E-state index contributed by atoms with van der Waals surface area (Å²) in [5.41, 5.74) is 2.42. The highest BCUT2D eigenvalue weighted by Crippen LogP contribution is 2.23. The molecule has 1 aliphatic carbocycles. The van der Waals surface area contributed by atoms with Crippen LogP contribution in [0.4, 0.5) is 0 Å². The van der Waals surface area contributed by atoms with E-state index < -0.39 is 10.8 Å². The van der Waals surface area contributed by atoms with Gasteiger partial charge < -0.3 is 15.4 Å². The van der Waals surface area contributed by atoms with Crippen molar-refractivity contribution >= 4 is 40.7 Å². The van der Waals surface area contributed by atoms with Crippen LogP contribution in [-0.4, -0.2) is 47.4 Å². The van der Waals surface area contributed by atoms with Crippen LogP contribution < -0.4 is 15.4 Å². The number of nitrogens with one attached hydrogen (secondary N) is 2. The van der Waals surface area contributed by atoms with Gasteiger partial charge in [-0.25, -0.2) is 0 Å². The Kier molecular flexibility index (Phi) is 11.3. The Hall–Kier alpha value is -0.830. The molecule has 0 amide bonds. The number of halogens is 1. The smallest absolute Gasteiger partial charge is 0.191 e. The molecule has 2 N–H and O–H groups in total. The number of hydrogen-bond donors (Lipinski definition) is 2. The molecule has 3 atom stereocenters. The molecule has 0 aromatic heterocycles. The lowest BCUT2D eigenvalue weighted by atomic mass is 9.95. The fourth-order valence-corrected chi connectivity index (χ4v) is 4.84. The second kappa shape index (κ2) is 12.6. The van der Waals surface area contributed by atoms with Gasteiger partial charge in [-0.05, 0) is 56.4 Å². The summed E-state index contributed by atoms with van der Waals surface area (Å²) in [6.45, 7) is 7.42. The zero-order valence-electron chi connectivity index (χ0n) is 16.9. The zero-order chi connectivity index (χ0) is 18.9. The molecule has 1 aliphatic rings. The number of hydrogen-bond acceptors (Lipinski definition) is 3. The van der Waals surface area contributed by atoms with Crippen LogP contribution in [0.1, 0.15) is 43.7 Å². The lowest BCUT2D eigenvalue weighted by Crippen LogP contribution is -2.47. The number of ether oxygens (including phenoxy) is 1. The number of benzene rings is 1. The minimum absolute atomic E-state index is 0. The highest BCUT2D eigenvalue weighted by Gasteiger charge is 2.25. The van der Waals surface area contributed by atoms with Crippen LogP contribution in [0.3, 0.4) is 0 Å². The Morgan fingerprint density at radius 2 is 1.96 bits per heavy atom. The number of nitrogens with zero attached hydrogens (tertiary/aromatic N) is 1. The van der Waals surface area contributed by atoms with Gasteiger partial charge in [0.05, 0.1) is 6.54 Å². The number of aliphatic imine (C=N–C) groups is 1. The lowest BCUT2D eigenvalue weighted by molar-refractivity contribution is 0.320. The predicted molar refractivity (Wildman–Crippen MR) is 126 cm³/mol. The first-order valence-corrected chi connectivity index (χ1v) is 11.0. The Morgan fingerprint density at radius 1 is 1.26 bits per heavy atom. The molecule has 0 heterocycles. The molecule has 0 aliphatic heterocycles. The summed E-state index contributed by atoms with van der Waals surface area (Å²) in [6.07, 6.45) is 4.27. The Morgan fingerprint density at radius 3 is 2.59 bits per heavy atom. The molecule has 1 fully saturated rings. The maximum atomic E-state index is 12.1. The maximum absolute atomic E-state index is 12.1. The van der Waals surface area contributed by atoms with E-state index in [2.05, 4.69) is 47.7 Å². The van der Waals surface area contributed by atoms with Crippen molar-refractivity contribution in [2.24, 2.45) is 4.99 Å². The average Bonchev–Trinajstić information content (AvgIpc) is 2.63. The molecule has 7 heteroatoms. The maximum Gasteiger partial charge on any atom is 0.191 e. The van der Waals surface area contributed by atoms with Crippen LogP contribution in [-0.2, 0) is 10.8 Å². The van der Waals surface area contributed by atoms with Gasteiger partial charge >= 0.3 is 0 Å². The minimum atomic E-state index is -0.703. The van der Waals surface area contributed by atoms with Crippen molar-refractivity contribution in [2.75, 3.05) is 26.0 Å². The largest absolute Gasteiger partial charge is 0.492 e. The van der Waals surface area contributed by atoms with Crippen LogP contribution in [0.25, 0.3) is 0 Å². The minimum Gasteiger partial charge on any atom is -0.492 e. The zero-order valence-corrected chi connectivity index (χ0v) is 20.1. The lowest BCUT2D eigenvalue weighted by Gasteiger charge is -2.30. The Labute approximate surface area is 183 Å². The molecular weight excluding hydrogens is 473 g/mol. The molecule has 0 bridgehead atoms. The monoisotopic (exact) mass is 507 g/mol. The normalized spacial score (nSPS) is 21.1. The summed E-state index contributed by atoms with van der Waals surface area (Å²) in [6, 6.07) is 6.59. The summed E-state index contributed by atoms with van der Waals surface area (Å²) < 4.78 is 17.9. The number of rotatable bonds is 7. The number of guanidine groups is 1. The van der Waals surface area contributed by atoms with Crippen molar-refractivity contribution in [2.45, 2.75) is 57.7 Å². The van der Waals surface area contributed by atoms with Gasteiger partial charge in [-0.1, -0.05) is 19.4 Å². The fourth-order valence-electron chi connectivity index (χ4n) is 3.49. The van der Waals surface area contributed by atoms with Gasteiger partial charge in [-0.3, -0.25) is 9.20 Å². The molecule has 154 valence electrons. The van der Waals surface area contributed by atoms with E-state index in [0.29, 0.717) is 24.4 Å². The van der Waals surface area contributed by atoms with Gasteiger partial charge in [0.25, 0.3) is 0 Å². The predicted octanol–water partition coefficient (Wildman–Crippen LogP) is 3.55.